The zero-order valence-electron chi connectivity index (χ0n) is 7.76. The van der Waals surface area contributed by atoms with E-state index in [-0.39, 0.29) is 11.7 Å². The average Bonchev–Trinajstić information content (AvgIpc) is 2.12. The summed E-state index contributed by atoms with van der Waals surface area (Å²) in [4.78, 5) is 0.336. The van der Waals surface area contributed by atoms with Gasteiger partial charge in [0.25, 0.3) is 0 Å². The Morgan fingerprint density at radius 3 is 2.50 bits per heavy atom. The number of halogens is 1. The van der Waals surface area contributed by atoms with Crippen molar-refractivity contribution in [2.45, 2.75) is 55.9 Å². The molecule has 0 aromatic heterocycles. The molecule has 3 atom stereocenters. The van der Waals surface area contributed by atoms with Crippen molar-refractivity contribution in [3.63, 3.8) is 0 Å². The molecule has 2 aliphatic rings. The molecule has 2 fully saturated rings. The Hall–Kier alpha value is 0.400. The molecule has 0 aliphatic carbocycles. The van der Waals surface area contributed by atoms with Gasteiger partial charge in [0.1, 0.15) is 0 Å². The van der Waals surface area contributed by atoms with Gasteiger partial charge < -0.3 is 9.47 Å². The molecule has 0 N–H and O–H groups in total. The van der Waals surface area contributed by atoms with E-state index in [0.29, 0.717) is 4.83 Å². The SMILES string of the molecule is CC1(C)O[C@@]2(C)O[C@@H]1CC[C@H]2Br. The number of alkyl halides is 1. The van der Waals surface area contributed by atoms with E-state index < -0.39 is 5.79 Å². The van der Waals surface area contributed by atoms with Gasteiger partial charge in [-0.15, -0.1) is 0 Å². The molecule has 2 aliphatic heterocycles. The van der Waals surface area contributed by atoms with E-state index in [4.69, 9.17) is 9.47 Å². The molecular formula is C9H15BrO2. The van der Waals surface area contributed by atoms with Crippen LogP contribution in [0, 0.1) is 0 Å². The van der Waals surface area contributed by atoms with E-state index in [1.54, 1.807) is 0 Å². The number of fused-ring (bicyclic) bond motifs is 2. The minimum atomic E-state index is -0.396. The van der Waals surface area contributed by atoms with Gasteiger partial charge in [-0.05, 0) is 33.6 Å². The Balaban J connectivity index is 2.27. The Labute approximate surface area is 81.7 Å². The fourth-order valence-electron chi connectivity index (χ4n) is 2.14. The summed E-state index contributed by atoms with van der Waals surface area (Å²) in [6.07, 6.45) is 2.51. The van der Waals surface area contributed by atoms with Gasteiger partial charge in [0.05, 0.1) is 16.5 Å². The lowest BCUT2D eigenvalue weighted by atomic mass is 9.96. The summed E-state index contributed by atoms with van der Waals surface area (Å²) in [5, 5.41) is 0. The monoisotopic (exact) mass is 234 g/mol. The van der Waals surface area contributed by atoms with Gasteiger partial charge in [-0.1, -0.05) is 15.9 Å². The van der Waals surface area contributed by atoms with Crippen LogP contribution in [0.4, 0.5) is 0 Å². The van der Waals surface area contributed by atoms with Crippen LogP contribution in [-0.2, 0) is 9.47 Å². The molecule has 2 bridgehead atoms. The van der Waals surface area contributed by atoms with E-state index in [2.05, 4.69) is 29.8 Å². The van der Waals surface area contributed by atoms with Gasteiger partial charge in [0.2, 0.25) is 0 Å². The second-order valence-electron chi connectivity index (χ2n) is 4.37. The van der Waals surface area contributed by atoms with E-state index in [1.807, 2.05) is 6.92 Å². The van der Waals surface area contributed by atoms with Crippen LogP contribution >= 0.6 is 15.9 Å². The highest BCUT2D eigenvalue weighted by Gasteiger charge is 2.55. The van der Waals surface area contributed by atoms with Gasteiger partial charge in [-0.25, -0.2) is 0 Å². The van der Waals surface area contributed by atoms with Crippen molar-refractivity contribution < 1.29 is 9.47 Å². The van der Waals surface area contributed by atoms with Crippen molar-refractivity contribution in [2.24, 2.45) is 0 Å². The largest absolute Gasteiger partial charge is 0.343 e. The second-order valence-corrected chi connectivity index (χ2v) is 5.48. The zero-order chi connectivity index (χ0) is 8.98. The molecule has 12 heavy (non-hydrogen) atoms. The summed E-state index contributed by atoms with van der Waals surface area (Å²) in [6.45, 7) is 6.23. The predicted molar refractivity (Wildman–Crippen MR) is 50.4 cm³/mol. The van der Waals surface area contributed by atoms with Gasteiger partial charge in [-0.2, -0.15) is 0 Å². The van der Waals surface area contributed by atoms with Gasteiger partial charge in [0, 0.05) is 0 Å². The van der Waals surface area contributed by atoms with Crippen LogP contribution in [-0.4, -0.2) is 22.3 Å². The molecule has 70 valence electrons. The third kappa shape index (κ3) is 1.14. The van der Waals surface area contributed by atoms with Crippen molar-refractivity contribution in [2.75, 3.05) is 0 Å². The number of hydrogen-bond donors (Lipinski definition) is 0. The topological polar surface area (TPSA) is 18.5 Å². The van der Waals surface area contributed by atoms with Crippen molar-refractivity contribution in [3.8, 4) is 0 Å². The third-order valence-corrected chi connectivity index (χ3v) is 4.16. The molecule has 3 heteroatoms. The third-order valence-electron chi connectivity index (χ3n) is 2.87. The standard InChI is InChI=1S/C9H15BrO2/c1-8(2)7-5-4-6(10)9(3,11-7)12-8/h6-7H,4-5H2,1-3H3/t6-,7-,9-/m1/s1. The Kier molecular flexibility index (Phi) is 1.84. The maximum absolute atomic E-state index is 5.90. The normalized spacial score (nSPS) is 51.0. The second kappa shape index (κ2) is 2.46. The molecule has 2 saturated heterocycles. The Morgan fingerprint density at radius 1 is 1.25 bits per heavy atom. The number of rotatable bonds is 0. The first-order chi connectivity index (χ1) is 5.44. The molecule has 0 aromatic rings. The number of hydrogen-bond acceptors (Lipinski definition) is 2. The molecule has 0 unspecified atom stereocenters. The molecule has 0 spiro atoms. The van der Waals surface area contributed by atoms with Crippen LogP contribution in [0.25, 0.3) is 0 Å². The van der Waals surface area contributed by atoms with E-state index in [9.17, 15) is 0 Å². The molecule has 0 saturated carbocycles. The van der Waals surface area contributed by atoms with Crippen LogP contribution in [0.1, 0.15) is 33.6 Å². The summed E-state index contributed by atoms with van der Waals surface area (Å²) in [5.41, 5.74) is -0.114. The maximum Gasteiger partial charge on any atom is 0.179 e. The molecule has 2 rings (SSSR count). The lowest BCUT2D eigenvalue weighted by Gasteiger charge is -2.32. The first-order valence-corrected chi connectivity index (χ1v) is 5.38. The summed E-state index contributed by atoms with van der Waals surface area (Å²) in [7, 11) is 0. The van der Waals surface area contributed by atoms with Gasteiger partial charge >= 0.3 is 0 Å². The summed E-state index contributed by atoms with van der Waals surface area (Å²) >= 11 is 3.60. The van der Waals surface area contributed by atoms with Crippen LogP contribution in [0.3, 0.4) is 0 Å². The van der Waals surface area contributed by atoms with E-state index in [0.717, 1.165) is 12.8 Å². The van der Waals surface area contributed by atoms with Crippen LogP contribution < -0.4 is 0 Å². The van der Waals surface area contributed by atoms with Gasteiger partial charge in [-0.3, -0.25) is 0 Å². The fraction of sp³-hybridized carbons (Fsp3) is 1.00. The smallest absolute Gasteiger partial charge is 0.179 e. The molecule has 2 heterocycles. The molecule has 0 aromatic carbocycles. The van der Waals surface area contributed by atoms with Crippen LogP contribution in [0.2, 0.25) is 0 Å². The minimum Gasteiger partial charge on any atom is -0.343 e. The average molecular weight is 235 g/mol. The first kappa shape index (κ1) is 8.97. The fourth-order valence-corrected chi connectivity index (χ4v) is 2.61. The molecular weight excluding hydrogens is 220 g/mol. The summed E-state index contributed by atoms with van der Waals surface area (Å²) in [6, 6.07) is 0. The van der Waals surface area contributed by atoms with Crippen molar-refractivity contribution in [1.82, 2.24) is 0 Å². The zero-order valence-corrected chi connectivity index (χ0v) is 9.35. The first-order valence-electron chi connectivity index (χ1n) is 4.46. The lowest BCUT2D eigenvalue weighted by Crippen LogP contribution is -2.40. The molecule has 2 nitrogen and oxygen atoms in total. The highest BCUT2D eigenvalue weighted by atomic mass is 79.9. The molecule has 0 amide bonds. The van der Waals surface area contributed by atoms with Crippen LogP contribution in [0.5, 0.6) is 0 Å². The lowest BCUT2D eigenvalue weighted by molar-refractivity contribution is -0.180. The predicted octanol–water partition coefficient (Wildman–Crippen LogP) is 2.45. The highest BCUT2D eigenvalue weighted by Crippen LogP contribution is 2.47. The van der Waals surface area contributed by atoms with Crippen molar-refractivity contribution in [1.29, 1.82) is 0 Å². The Morgan fingerprint density at radius 2 is 1.92 bits per heavy atom. The van der Waals surface area contributed by atoms with E-state index in [1.165, 1.54) is 0 Å². The minimum absolute atomic E-state index is 0.114. The Bertz CT molecular complexity index is 205. The molecule has 0 radical (unpaired) electrons. The maximum atomic E-state index is 5.90. The summed E-state index contributed by atoms with van der Waals surface area (Å²) < 4.78 is 11.7. The summed E-state index contributed by atoms with van der Waals surface area (Å²) in [5.74, 6) is -0.396. The van der Waals surface area contributed by atoms with Gasteiger partial charge in [0.15, 0.2) is 5.79 Å². The van der Waals surface area contributed by atoms with E-state index >= 15 is 0 Å². The highest BCUT2D eigenvalue weighted by molar-refractivity contribution is 9.09. The van der Waals surface area contributed by atoms with Crippen molar-refractivity contribution >= 4 is 15.9 Å². The number of ether oxygens (including phenoxy) is 2. The van der Waals surface area contributed by atoms with Crippen LogP contribution in [0.15, 0.2) is 0 Å². The van der Waals surface area contributed by atoms with Crippen molar-refractivity contribution in [3.05, 3.63) is 0 Å². The quantitative estimate of drug-likeness (QED) is 0.600.